The summed E-state index contributed by atoms with van der Waals surface area (Å²) in [5, 5.41) is 17.2. The van der Waals surface area contributed by atoms with Gasteiger partial charge in [0.15, 0.2) is 10.8 Å². The molecule has 0 bridgehead atoms. The predicted molar refractivity (Wildman–Crippen MR) is 96.7 cm³/mol. The van der Waals surface area contributed by atoms with E-state index in [-0.39, 0.29) is 0 Å². The Kier molecular flexibility index (Phi) is 5.03. The van der Waals surface area contributed by atoms with E-state index in [9.17, 15) is 0 Å². The molecule has 0 saturated heterocycles. The Hall–Kier alpha value is -2.09. The Bertz CT molecular complexity index is 821. The predicted octanol–water partition coefficient (Wildman–Crippen LogP) is 2.98. The van der Waals surface area contributed by atoms with Crippen LogP contribution in [0.4, 0.5) is 5.82 Å². The number of rotatable bonds is 7. The van der Waals surface area contributed by atoms with E-state index in [2.05, 4.69) is 57.0 Å². The van der Waals surface area contributed by atoms with Gasteiger partial charge in [0.1, 0.15) is 11.6 Å². The largest absolute Gasteiger partial charge is 0.369 e. The molecular weight excluding hydrogens is 322 g/mol. The number of aromatic nitrogens is 6. The zero-order chi connectivity index (χ0) is 17.1. The van der Waals surface area contributed by atoms with Crippen LogP contribution in [0.25, 0.3) is 5.65 Å². The number of anilines is 1. The lowest BCUT2D eigenvalue weighted by atomic mass is 10.1. The number of aryl methyl sites for hydroxylation is 1. The van der Waals surface area contributed by atoms with Crippen LogP contribution >= 0.6 is 11.8 Å². The summed E-state index contributed by atoms with van der Waals surface area (Å²) in [5.74, 6) is 3.22. The van der Waals surface area contributed by atoms with Crippen molar-refractivity contribution in [2.24, 2.45) is 0 Å². The van der Waals surface area contributed by atoms with Crippen LogP contribution in [0.1, 0.15) is 38.2 Å². The van der Waals surface area contributed by atoms with Gasteiger partial charge in [0.25, 0.3) is 0 Å². The van der Waals surface area contributed by atoms with Gasteiger partial charge in [-0.1, -0.05) is 25.6 Å². The number of nitrogens with zero attached hydrogens (tertiary/aromatic N) is 6. The van der Waals surface area contributed by atoms with Gasteiger partial charge in [0.2, 0.25) is 0 Å². The zero-order valence-electron chi connectivity index (χ0n) is 14.5. The zero-order valence-corrected chi connectivity index (χ0v) is 15.3. The number of thioether (sulfide) groups is 1. The summed E-state index contributed by atoms with van der Waals surface area (Å²) in [5.41, 5.74) is 1.94. The molecule has 24 heavy (non-hydrogen) atoms. The molecule has 128 valence electrons. The Morgan fingerprint density at radius 1 is 1.29 bits per heavy atom. The third-order valence-corrected chi connectivity index (χ3v) is 4.80. The van der Waals surface area contributed by atoms with Crippen molar-refractivity contribution in [3.63, 3.8) is 0 Å². The number of nitrogens with one attached hydrogen (secondary N) is 1. The highest BCUT2D eigenvalue weighted by molar-refractivity contribution is 7.99. The highest BCUT2D eigenvalue weighted by atomic mass is 32.2. The van der Waals surface area contributed by atoms with Crippen molar-refractivity contribution in [1.29, 1.82) is 0 Å². The van der Waals surface area contributed by atoms with Crippen LogP contribution in [0.15, 0.2) is 23.5 Å². The molecule has 1 N–H and O–H groups in total. The molecule has 0 amide bonds. The van der Waals surface area contributed by atoms with Crippen LogP contribution < -0.4 is 5.32 Å². The summed E-state index contributed by atoms with van der Waals surface area (Å²) < 4.78 is 3.97. The molecule has 3 aromatic heterocycles. The summed E-state index contributed by atoms with van der Waals surface area (Å²) in [6, 6.07) is 4.01. The van der Waals surface area contributed by atoms with Crippen LogP contribution in [0, 0.1) is 6.92 Å². The molecule has 8 heteroatoms. The Morgan fingerprint density at radius 3 is 2.88 bits per heavy atom. The van der Waals surface area contributed by atoms with E-state index in [0.717, 1.165) is 47.0 Å². The first-order valence-electron chi connectivity index (χ1n) is 8.21. The first kappa shape index (κ1) is 16.8. The molecule has 0 radical (unpaired) electrons. The van der Waals surface area contributed by atoms with Crippen molar-refractivity contribution in [2.75, 3.05) is 17.6 Å². The lowest BCUT2D eigenvalue weighted by molar-refractivity contribution is 0.662. The van der Waals surface area contributed by atoms with Gasteiger partial charge in [-0.3, -0.25) is 0 Å². The molecule has 0 aliphatic carbocycles. The van der Waals surface area contributed by atoms with Crippen molar-refractivity contribution < 1.29 is 0 Å². The first-order chi connectivity index (χ1) is 11.6. The minimum Gasteiger partial charge on any atom is -0.369 e. The summed E-state index contributed by atoms with van der Waals surface area (Å²) in [6.45, 7) is 10.1. The molecule has 0 saturated carbocycles. The lowest BCUT2D eigenvalue weighted by Gasteiger charge is -2.12. The average molecular weight is 345 g/mol. The SMILES string of the molecule is CCn1c(C)nnc1SCCNc1cc(C(C)C)nc2ccnn12. The minimum absolute atomic E-state index is 0.380. The van der Waals surface area contributed by atoms with E-state index in [1.807, 2.05) is 17.5 Å². The van der Waals surface area contributed by atoms with Gasteiger partial charge >= 0.3 is 0 Å². The number of hydrogen-bond acceptors (Lipinski definition) is 6. The van der Waals surface area contributed by atoms with Gasteiger partial charge in [0.05, 0.1) is 6.20 Å². The normalized spacial score (nSPS) is 11.5. The van der Waals surface area contributed by atoms with Crippen molar-refractivity contribution in [3.8, 4) is 0 Å². The Balaban J connectivity index is 1.66. The van der Waals surface area contributed by atoms with E-state index >= 15 is 0 Å². The van der Waals surface area contributed by atoms with Crippen LogP contribution in [-0.4, -0.2) is 41.7 Å². The fourth-order valence-electron chi connectivity index (χ4n) is 2.51. The van der Waals surface area contributed by atoms with Crippen LogP contribution in [0.3, 0.4) is 0 Å². The van der Waals surface area contributed by atoms with E-state index in [0.29, 0.717) is 5.92 Å². The minimum atomic E-state index is 0.380. The molecule has 0 atom stereocenters. The molecule has 0 spiro atoms. The highest BCUT2D eigenvalue weighted by Crippen LogP contribution is 2.20. The van der Waals surface area contributed by atoms with Gasteiger partial charge in [-0.25, -0.2) is 4.98 Å². The summed E-state index contributed by atoms with van der Waals surface area (Å²) in [6.07, 6.45) is 1.78. The topological polar surface area (TPSA) is 72.9 Å². The Labute approximate surface area is 145 Å². The maximum atomic E-state index is 4.63. The fraction of sp³-hybridized carbons (Fsp3) is 0.500. The standard InChI is InChI=1S/C16H23N7S/c1-5-22-12(4)20-21-16(22)24-9-8-17-15-10-13(11(2)3)19-14-6-7-18-23(14)15/h6-7,10-11,17H,5,8-9H2,1-4H3. The molecule has 3 heterocycles. The van der Waals surface area contributed by atoms with Gasteiger partial charge in [-0.05, 0) is 19.8 Å². The third-order valence-electron chi connectivity index (χ3n) is 3.83. The van der Waals surface area contributed by atoms with Crippen molar-refractivity contribution in [1.82, 2.24) is 29.4 Å². The molecule has 0 aromatic carbocycles. The van der Waals surface area contributed by atoms with Gasteiger partial charge < -0.3 is 9.88 Å². The van der Waals surface area contributed by atoms with E-state index in [1.165, 1.54) is 0 Å². The summed E-state index contributed by atoms with van der Waals surface area (Å²) >= 11 is 1.71. The van der Waals surface area contributed by atoms with Crippen molar-refractivity contribution >= 4 is 23.2 Å². The number of fused-ring (bicyclic) bond motifs is 1. The first-order valence-corrected chi connectivity index (χ1v) is 9.20. The molecular formula is C16H23N7S. The third kappa shape index (κ3) is 3.38. The van der Waals surface area contributed by atoms with Crippen LogP contribution in [0.5, 0.6) is 0 Å². The summed E-state index contributed by atoms with van der Waals surface area (Å²) in [4.78, 5) is 4.63. The highest BCUT2D eigenvalue weighted by Gasteiger charge is 2.10. The molecule has 0 aliphatic heterocycles. The second kappa shape index (κ2) is 7.21. The quantitative estimate of drug-likeness (QED) is 0.524. The van der Waals surface area contributed by atoms with Gasteiger partial charge in [0, 0.05) is 36.7 Å². The molecule has 7 nitrogen and oxygen atoms in total. The van der Waals surface area contributed by atoms with Crippen molar-refractivity contribution in [2.45, 2.75) is 45.3 Å². The molecule has 0 unspecified atom stereocenters. The fourth-order valence-corrected chi connectivity index (χ4v) is 3.41. The smallest absolute Gasteiger partial charge is 0.191 e. The van der Waals surface area contributed by atoms with Gasteiger partial charge in [-0.2, -0.15) is 9.61 Å². The summed E-state index contributed by atoms with van der Waals surface area (Å²) in [7, 11) is 0. The molecule has 3 rings (SSSR count). The van der Waals surface area contributed by atoms with E-state index in [4.69, 9.17) is 0 Å². The van der Waals surface area contributed by atoms with E-state index in [1.54, 1.807) is 18.0 Å². The number of hydrogen-bond donors (Lipinski definition) is 1. The van der Waals surface area contributed by atoms with Crippen molar-refractivity contribution in [3.05, 3.63) is 29.8 Å². The molecule has 0 aliphatic rings. The average Bonchev–Trinajstić information content (AvgIpc) is 3.17. The second-order valence-electron chi connectivity index (χ2n) is 5.87. The maximum Gasteiger partial charge on any atom is 0.191 e. The maximum absolute atomic E-state index is 4.63. The molecule has 3 aromatic rings. The van der Waals surface area contributed by atoms with Gasteiger partial charge in [-0.15, -0.1) is 10.2 Å². The molecule has 0 fully saturated rings. The van der Waals surface area contributed by atoms with Crippen LogP contribution in [-0.2, 0) is 6.54 Å². The second-order valence-corrected chi connectivity index (χ2v) is 6.93. The monoisotopic (exact) mass is 345 g/mol. The lowest BCUT2D eigenvalue weighted by Crippen LogP contribution is -2.11. The van der Waals surface area contributed by atoms with E-state index < -0.39 is 0 Å². The Morgan fingerprint density at radius 2 is 2.12 bits per heavy atom. The van der Waals surface area contributed by atoms with Crippen LogP contribution in [0.2, 0.25) is 0 Å².